The molecule has 0 saturated carbocycles. The van der Waals surface area contributed by atoms with Crippen molar-refractivity contribution < 1.29 is 9.84 Å². The van der Waals surface area contributed by atoms with Crippen LogP contribution in [0.1, 0.15) is 29.0 Å². The van der Waals surface area contributed by atoms with Crippen LogP contribution in [0.4, 0.5) is 0 Å². The number of halogens is 1. The molecular formula is C14H13ClO2S. The van der Waals surface area contributed by atoms with Crippen molar-refractivity contribution in [3.05, 3.63) is 50.7 Å². The Bertz CT molecular complexity index is 579. The average molecular weight is 281 g/mol. The lowest BCUT2D eigenvalue weighted by molar-refractivity contribution is 0.224. The van der Waals surface area contributed by atoms with Crippen LogP contribution in [0.25, 0.3) is 0 Å². The molecule has 2 atom stereocenters. The number of rotatable bonds is 2. The van der Waals surface area contributed by atoms with Crippen molar-refractivity contribution >= 4 is 22.9 Å². The van der Waals surface area contributed by atoms with E-state index in [-0.39, 0.29) is 6.10 Å². The third-order valence-electron chi connectivity index (χ3n) is 3.10. The molecule has 18 heavy (non-hydrogen) atoms. The van der Waals surface area contributed by atoms with Crippen molar-refractivity contribution in [1.82, 2.24) is 0 Å². The Labute approximate surface area is 115 Å². The van der Waals surface area contributed by atoms with E-state index in [0.717, 1.165) is 22.6 Å². The number of aliphatic hydroxyl groups excluding tert-OH is 1. The lowest BCUT2D eigenvalue weighted by Crippen LogP contribution is -2.05. The topological polar surface area (TPSA) is 29.5 Å². The molecule has 0 amide bonds. The van der Waals surface area contributed by atoms with Crippen LogP contribution in [0.2, 0.25) is 4.34 Å². The molecule has 94 valence electrons. The van der Waals surface area contributed by atoms with Gasteiger partial charge in [-0.1, -0.05) is 17.7 Å². The van der Waals surface area contributed by atoms with Crippen molar-refractivity contribution in [3.8, 4) is 5.75 Å². The standard InChI is InChI=1S/C14H13ClO2S/c1-8-6-10-7-9(2-3-11(10)17-8)14(16)12-4-5-13(15)18-12/h2-5,7-8,14,16H,6H2,1H3. The number of hydrogen-bond acceptors (Lipinski definition) is 3. The second-order valence-corrected chi connectivity index (χ2v) is 6.29. The van der Waals surface area contributed by atoms with Gasteiger partial charge in [-0.2, -0.15) is 0 Å². The van der Waals surface area contributed by atoms with E-state index in [1.54, 1.807) is 0 Å². The van der Waals surface area contributed by atoms with Crippen LogP contribution in [-0.2, 0) is 6.42 Å². The molecular weight excluding hydrogens is 268 g/mol. The summed E-state index contributed by atoms with van der Waals surface area (Å²) in [7, 11) is 0. The fraction of sp³-hybridized carbons (Fsp3) is 0.286. The maximum absolute atomic E-state index is 10.3. The van der Waals surface area contributed by atoms with E-state index in [0.29, 0.717) is 4.34 Å². The molecule has 0 bridgehead atoms. The van der Waals surface area contributed by atoms with E-state index in [1.807, 2.05) is 30.3 Å². The van der Waals surface area contributed by atoms with Crippen LogP contribution in [0.15, 0.2) is 30.3 Å². The van der Waals surface area contributed by atoms with Gasteiger partial charge in [-0.05, 0) is 42.3 Å². The highest BCUT2D eigenvalue weighted by molar-refractivity contribution is 7.16. The van der Waals surface area contributed by atoms with Gasteiger partial charge in [-0.25, -0.2) is 0 Å². The molecule has 2 aromatic rings. The van der Waals surface area contributed by atoms with Crippen molar-refractivity contribution in [2.24, 2.45) is 0 Å². The van der Waals surface area contributed by atoms with Gasteiger partial charge in [0.2, 0.25) is 0 Å². The summed E-state index contributed by atoms with van der Waals surface area (Å²) >= 11 is 7.30. The average Bonchev–Trinajstić information content (AvgIpc) is 2.92. The Kier molecular flexibility index (Phi) is 3.06. The van der Waals surface area contributed by atoms with E-state index in [1.165, 1.54) is 16.9 Å². The second-order valence-electron chi connectivity index (χ2n) is 4.54. The largest absolute Gasteiger partial charge is 0.490 e. The predicted octanol–water partition coefficient (Wildman–Crippen LogP) is 3.81. The van der Waals surface area contributed by atoms with E-state index in [4.69, 9.17) is 16.3 Å². The number of aliphatic hydroxyl groups is 1. The van der Waals surface area contributed by atoms with Gasteiger partial charge in [-0.15, -0.1) is 11.3 Å². The van der Waals surface area contributed by atoms with Crippen LogP contribution < -0.4 is 4.74 Å². The number of fused-ring (bicyclic) bond motifs is 1. The molecule has 2 heterocycles. The maximum Gasteiger partial charge on any atom is 0.123 e. The molecule has 1 aliphatic heterocycles. The minimum atomic E-state index is -0.608. The molecule has 0 fully saturated rings. The molecule has 0 radical (unpaired) electrons. The summed E-state index contributed by atoms with van der Waals surface area (Å²) in [5.74, 6) is 0.933. The molecule has 1 aromatic heterocycles. The lowest BCUT2D eigenvalue weighted by Gasteiger charge is -2.10. The summed E-state index contributed by atoms with van der Waals surface area (Å²) in [6, 6.07) is 9.55. The zero-order valence-corrected chi connectivity index (χ0v) is 11.5. The van der Waals surface area contributed by atoms with Gasteiger partial charge in [0.15, 0.2) is 0 Å². The summed E-state index contributed by atoms with van der Waals surface area (Å²) in [5, 5.41) is 10.3. The highest BCUT2D eigenvalue weighted by Gasteiger charge is 2.21. The van der Waals surface area contributed by atoms with Gasteiger partial charge in [-0.3, -0.25) is 0 Å². The quantitative estimate of drug-likeness (QED) is 0.906. The Hall–Kier alpha value is -1.03. The Balaban J connectivity index is 1.91. The minimum Gasteiger partial charge on any atom is -0.490 e. The molecule has 0 spiro atoms. The SMILES string of the molecule is CC1Cc2cc(C(O)c3ccc(Cl)s3)ccc2O1. The van der Waals surface area contributed by atoms with Gasteiger partial charge < -0.3 is 9.84 Å². The predicted molar refractivity (Wildman–Crippen MR) is 73.6 cm³/mol. The van der Waals surface area contributed by atoms with Crippen LogP contribution in [0, 0.1) is 0 Å². The molecule has 2 nitrogen and oxygen atoms in total. The smallest absolute Gasteiger partial charge is 0.123 e. The van der Waals surface area contributed by atoms with Crippen LogP contribution in [-0.4, -0.2) is 11.2 Å². The Morgan fingerprint density at radius 3 is 2.94 bits per heavy atom. The number of benzene rings is 1. The Morgan fingerprint density at radius 1 is 1.39 bits per heavy atom. The highest BCUT2D eigenvalue weighted by Crippen LogP contribution is 2.35. The van der Waals surface area contributed by atoms with Crippen molar-refractivity contribution in [2.75, 3.05) is 0 Å². The van der Waals surface area contributed by atoms with E-state index in [9.17, 15) is 5.11 Å². The lowest BCUT2D eigenvalue weighted by atomic mass is 10.0. The first kappa shape index (κ1) is 12.0. The number of ether oxygens (including phenoxy) is 1. The third kappa shape index (κ3) is 2.14. The highest BCUT2D eigenvalue weighted by atomic mass is 35.5. The summed E-state index contributed by atoms with van der Waals surface area (Å²) in [5.41, 5.74) is 2.06. The first-order valence-electron chi connectivity index (χ1n) is 5.86. The molecule has 1 aromatic carbocycles. The van der Waals surface area contributed by atoms with E-state index < -0.39 is 6.10 Å². The maximum atomic E-state index is 10.3. The minimum absolute atomic E-state index is 0.226. The number of hydrogen-bond donors (Lipinski definition) is 1. The zero-order valence-electron chi connectivity index (χ0n) is 9.89. The molecule has 4 heteroatoms. The normalized spacial score (nSPS) is 19.4. The van der Waals surface area contributed by atoms with Crippen molar-refractivity contribution in [1.29, 1.82) is 0 Å². The Morgan fingerprint density at radius 2 is 2.22 bits per heavy atom. The molecule has 0 saturated heterocycles. The molecule has 2 unspecified atom stereocenters. The van der Waals surface area contributed by atoms with Gasteiger partial charge in [0.05, 0.1) is 4.34 Å². The number of thiophene rings is 1. The van der Waals surface area contributed by atoms with Crippen molar-refractivity contribution in [2.45, 2.75) is 25.6 Å². The monoisotopic (exact) mass is 280 g/mol. The van der Waals surface area contributed by atoms with Crippen molar-refractivity contribution in [3.63, 3.8) is 0 Å². The van der Waals surface area contributed by atoms with Crippen LogP contribution in [0.5, 0.6) is 5.75 Å². The zero-order chi connectivity index (χ0) is 12.7. The van der Waals surface area contributed by atoms with Crippen LogP contribution >= 0.6 is 22.9 Å². The fourth-order valence-electron chi connectivity index (χ4n) is 2.25. The summed E-state index contributed by atoms with van der Waals surface area (Å²) in [6.07, 6.45) is 0.522. The second kappa shape index (κ2) is 4.57. The first-order chi connectivity index (χ1) is 8.63. The molecule has 1 N–H and O–H groups in total. The van der Waals surface area contributed by atoms with E-state index >= 15 is 0 Å². The van der Waals surface area contributed by atoms with E-state index in [2.05, 4.69) is 6.92 Å². The summed E-state index contributed by atoms with van der Waals surface area (Å²) in [4.78, 5) is 0.868. The summed E-state index contributed by atoms with van der Waals surface area (Å²) < 4.78 is 6.35. The van der Waals surface area contributed by atoms with Gasteiger partial charge in [0, 0.05) is 11.3 Å². The van der Waals surface area contributed by atoms with Gasteiger partial charge >= 0.3 is 0 Å². The fourth-order valence-corrected chi connectivity index (χ4v) is 3.33. The summed E-state index contributed by atoms with van der Waals surface area (Å²) in [6.45, 7) is 2.05. The molecule has 0 aliphatic carbocycles. The molecule has 3 rings (SSSR count). The first-order valence-corrected chi connectivity index (χ1v) is 7.05. The van der Waals surface area contributed by atoms with Crippen LogP contribution in [0.3, 0.4) is 0 Å². The third-order valence-corrected chi connectivity index (χ3v) is 4.38. The van der Waals surface area contributed by atoms with Gasteiger partial charge in [0.1, 0.15) is 18.0 Å². The molecule has 1 aliphatic rings. The van der Waals surface area contributed by atoms with Gasteiger partial charge in [0.25, 0.3) is 0 Å².